The zero-order chi connectivity index (χ0) is 8.39. The molecule has 0 aliphatic carbocycles. The summed E-state index contributed by atoms with van der Waals surface area (Å²) in [5.41, 5.74) is 0.730. The van der Waals surface area contributed by atoms with Gasteiger partial charge in [-0.3, -0.25) is 4.79 Å². The van der Waals surface area contributed by atoms with Gasteiger partial charge in [0.2, 0.25) is 5.78 Å². The van der Waals surface area contributed by atoms with Gasteiger partial charge in [-0.15, -0.1) is 0 Å². The molecule has 0 fully saturated rings. The molecule has 1 aromatic heterocycles. The van der Waals surface area contributed by atoms with Gasteiger partial charge in [-0.25, -0.2) is 0 Å². The molecule has 0 radical (unpaired) electrons. The summed E-state index contributed by atoms with van der Waals surface area (Å²) in [7, 11) is 0. The first-order valence-electron chi connectivity index (χ1n) is 3.78. The van der Waals surface area contributed by atoms with E-state index in [1.54, 1.807) is 0 Å². The van der Waals surface area contributed by atoms with E-state index in [4.69, 9.17) is 4.74 Å². The maximum absolute atomic E-state index is 11.5. The van der Waals surface area contributed by atoms with Gasteiger partial charge in [0.1, 0.15) is 0 Å². The lowest BCUT2D eigenvalue weighted by Gasteiger charge is -1.99. The SMILES string of the molecule is O=C(C1=CCCO1)c1ccsc1. The van der Waals surface area contributed by atoms with Gasteiger partial charge in [0, 0.05) is 17.4 Å². The molecular formula is C9H8O2S. The van der Waals surface area contributed by atoms with Crippen LogP contribution in [0.4, 0.5) is 0 Å². The first kappa shape index (κ1) is 7.55. The van der Waals surface area contributed by atoms with Gasteiger partial charge in [-0.2, -0.15) is 11.3 Å². The molecule has 12 heavy (non-hydrogen) atoms. The maximum Gasteiger partial charge on any atom is 0.228 e. The molecule has 0 unspecified atom stereocenters. The van der Waals surface area contributed by atoms with Crippen molar-refractivity contribution in [1.82, 2.24) is 0 Å². The van der Waals surface area contributed by atoms with Crippen LogP contribution in [0.5, 0.6) is 0 Å². The van der Waals surface area contributed by atoms with Crippen molar-refractivity contribution in [3.05, 3.63) is 34.2 Å². The molecule has 1 aromatic rings. The number of carbonyl (C=O) groups excluding carboxylic acids is 1. The van der Waals surface area contributed by atoms with Gasteiger partial charge in [-0.05, 0) is 17.5 Å². The summed E-state index contributed by atoms with van der Waals surface area (Å²) in [6.07, 6.45) is 2.70. The van der Waals surface area contributed by atoms with Crippen LogP contribution in [0.25, 0.3) is 0 Å². The first-order valence-corrected chi connectivity index (χ1v) is 4.72. The van der Waals surface area contributed by atoms with E-state index >= 15 is 0 Å². The van der Waals surface area contributed by atoms with Crippen LogP contribution in [0, 0.1) is 0 Å². The third-order valence-corrected chi connectivity index (χ3v) is 2.40. The average molecular weight is 180 g/mol. The van der Waals surface area contributed by atoms with Crippen molar-refractivity contribution in [2.24, 2.45) is 0 Å². The summed E-state index contributed by atoms with van der Waals surface area (Å²) in [5.74, 6) is 0.516. The highest BCUT2D eigenvalue weighted by molar-refractivity contribution is 7.08. The van der Waals surface area contributed by atoms with Crippen molar-refractivity contribution in [3.63, 3.8) is 0 Å². The van der Waals surface area contributed by atoms with Crippen LogP contribution in [0.2, 0.25) is 0 Å². The minimum absolute atomic E-state index is 0.00810. The average Bonchev–Trinajstić information content (AvgIpc) is 2.77. The van der Waals surface area contributed by atoms with E-state index in [2.05, 4.69) is 0 Å². The molecule has 62 valence electrons. The van der Waals surface area contributed by atoms with E-state index in [0.717, 1.165) is 12.0 Å². The molecule has 3 heteroatoms. The van der Waals surface area contributed by atoms with Crippen LogP contribution in [-0.4, -0.2) is 12.4 Å². The highest BCUT2D eigenvalue weighted by Crippen LogP contribution is 2.17. The summed E-state index contributed by atoms with van der Waals surface area (Å²) in [6.45, 7) is 0.644. The number of allylic oxidation sites excluding steroid dienone is 1. The lowest BCUT2D eigenvalue weighted by molar-refractivity contribution is 0.0943. The van der Waals surface area contributed by atoms with Crippen molar-refractivity contribution in [3.8, 4) is 0 Å². The van der Waals surface area contributed by atoms with Crippen LogP contribution in [0.1, 0.15) is 16.8 Å². The lowest BCUT2D eigenvalue weighted by Crippen LogP contribution is -2.01. The highest BCUT2D eigenvalue weighted by Gasteiger charge is 2.16. The van der Waals surface area contributed by atoms with Gasteiger partial charge in [0.25, 0.3) is 0 Å². The van der Waals surface area contributed by atoms with Crippen molar-refractivity contribution in [1.29, 1.82) is 0 Å². The molecule has 0 atom stereocenters. The lowest BCUT2D eigenvalue weighted by atomic mass is 10.2. The molecule has 2 nitrogen and oxygen atoms in total. The molecule has 2 heterocycles. The zero-order valence-electron chi connectivity index (χ0n) is 6.45. The fourth-order valence-corrected chi connectivity index (χ4v) is 1.75. The van der Waals surface area contributed by atoms with E-state index in [1.807, 2.05) is 22.9 Å². The smallest absolute Gasteiger partial charge is 0.228 e. The molecule has 2 rings (SSSR count). The number of thiophene rings is 1. The second-order valence-electron chi connectivity index (χ2n) is 2.55. The number of carbonyl (C=O) groups is 1. The van der Waals surface area contributed by atoms with Crippen molar-refractivity contribution >= 4 is 17.1 Å². The summed E-state index contributed by atoms with van der Waals surface area (Å²) in [5, 5.41) is 3.73. The third kappa shape index (κ3) is 1.28. The number of hydrogen-bond donors (Lipinski definition) is 0. The van der Waals surface area contributed by atoms with Crippen molar-refractivity contribution < 1.29 is 9.53 Å². The van der Waals surface area contributed by atoms with Gasteiger partial charge in [0.15, 0.2) is 5.76 Å². The van der Waals surface area contributed by atoms with Crippen LogP contribution in [0.3, 0.4) is 0 Å². The van der Waals surface area contributed by atoms with E-state index in [-0.39, 0.29) is 5.78 Å². The molecule has 1 aliphatic heterocycles. The van der Waals surface area contributed by atoms with E-state index < -0.39 is 0 Å². The van der Waals surface area contributed by atoms with Crippen LogP contribution in [0.15, 0.2) is 28.7 Å². The number of hydrogen-bond acceptors (Lipinski definition) is 3. The molecule has 0 saturated carbocycles. The molecule has 0 N–H and O–H groups in total. The zero-order valence-corrected chi connectivity index (χ0v) is 7.26. The highest BCUT2D eigenvalue weighted by atomic mass is 32.1. The minimum atomic E-state index is 0.00810. The number of Topliss-reactive ketones (excluding diaryl/α,β-unsaturated/α-hetero) is 1. The maximum atomic E-state index is 11.5. The Morgan fingerprint density at radius 1 is 1.58 bits per heavy atom. The van der Waals surface area contributed by atoms with E-state index in [9.17, 15) is 4.79 Å². The van der Waals surface area contributed by atoms with Crippen LogP contribution >= 0.6 is 11.3 Å². The second kappa shape index (κ2) is 3.11. The Kier molecular flexibility index (Phi) is 1.96. The summed E-state index contributed by atoms with van der Waals surface area (Å²) in [4.78, 5) is 11.5. The third-order valence-electron chi connectivity index (χ3n) is 1.71. The van der Waals surface area contributed by atoms with Gasteiger partial charge >= 0.3 is 0 Å². The Morgan fingerprint density at radius 3 is 3.08 bits per heavy atom. The molecule has 0 bridgehead atoms. The standard InChI is InChI=1S/C9H8O2S/c10-9(7-3-5-12-6-7)8-2-1-4-11-8/h2-3,5-6H,1,4H2. The normalized spacial score (nSPS) is 15.5. The Balaban J connectivity index is 2.20. The monoisotopic (exact) mass is 180 g/mol. The Morgan fingerprint density at radius 2 is 2.50 bits per heavy atom. The number of ketones is 1. The molecule has 0 aromatic carbocycles. The molecule has 0 spiro atoms. The van der Waals surface area contributed by atoms with Crippen LogP contribution in [-0.2, 0) is 4.74 Å². The largest absolute Gasteiger partial charge is 0.489 e. The number of ether oxygens (including phenoxy) is 1. The van der Waals surface area contributed by atoms with Gasteiger partial charge in [-0.1, -0.05) is 0 Å². The van der Waals surface area contributed by atoms with E-state index in [0.29, 0.717) is 12.4 Å². The topological polar surface area (TPSA) is 26.3 Å². The summed E-state index contributed by atoms with van der Waals surface area (Å²) in [6, 6.07) is 1.82. The minimum Gasteiger partial charge on any atom is -0.489 e. The molecule has 0 saturated heterocycles. The second-order valence-corrected chi connectivity index (χ2v) is 3.33. The summed E-state index contributed by atoms with van der Waals surface area (Å²) < 4.78 is 5.15. The van der Waals surface area contributed by atoms with Gasteiger partial charge < -0.3 is 4.74 Å². The Bertz CT molecular complexity index is 311. The van der Waals surface area contributed by atoms with E-state index in [1.165, 1.54) is 11.3 Å². The van der Waals surface area contributed by atoms with Gasteiger partial charge in [0.05, 0.1) is 6.61 Å². The number of rotatable bonds is 2. The molecule has 0 amide bonds. The molecular weight excluding hydrogens is 172 g/mol. The predicted octanol–water partition coefficient (Wildman–Crippen LogP) is 2.24. The Hall–Kier alpha value is -1.09. The fraction of sp³-hybridized carbons (Fsp3) is 0.222. The fourth-order valence-electron chi connectivity index (χ4n) is 1.11. The van der Waals surface area contributed by atoms with Crippen molar-refractivity contribution in [2.45, 2.75) is 6.42 Å². The predicted molar refractivity (Wildman–Crippen MR) is 47.3 cm³/mol. The van der Waals surface area contributed by atoms with Crippen molar-refractivity contribution in [2.75, 3.05) is 6.61 Å². The molecule has 1 aliphatic rings. The first-order chi connectivity index (χ1) is 5.88. The summed E-state index contributed by atoms with van der Waals surface area (Å²) >= 11 is 1.52. The van der Waals surface area contributed by atoms with Crippen LogP contribution < -0.4 is 0 Å². The quantitative estimate of drug-likeness (QED) is 0.652. The Labute approximate surface area is 74.5 Å².